The first-order valence-corrected chi connectivity index (χ1v) is 7.85. The van der Waals surface area contributed by atoms with Gasteiger partial charge in [-0.2, -0.15) is 0 Å². The van der Waals surface area contributed by atoms with Gasteiger partial charge in [-0.1, -0.05) is 26.0 Å². The van der Waals surface area contributed by atoms with Crippen molar-refractivity contribution in [3.8, 4) is 0 Å². The normalized spacial score (nSPS) is 50.9. The Balaban J connectivity index is 2.02. The largest absolute Gasteiger partial charge is 0.459 e. The summed E-state index contributed by atoms with van der Waals surface area (Å²) >= 11 is 0. The van der Waals surface area contributed by atoms with E-state index in [1.165, 1.54) is 6.92 Å². The molecule has 0 amide bonds. The molecule has 0 aromatic rings. The molecule has 2 N–H and O–H groups in total. The summed E-state index contributed by atoms with van der Waals surface area (Å²) in [4.78, 5) is 11.4. The molecule has 3 fully saturated rings. The van der Waals surface area contributed by atoms with E-state index < -0.39 is 23.8 Å². The van der Waals surface area contributed by atoms with E-state index in [1.807, 2.05) is 0 Å². The molecule has 0 unspecified atom stereocenters. The maximum atomic E-state index is 11.4. The Hall–Kier alpha value is -0.870. The molecule has 0 spiro atoms. The van der Waals surface area contributed by atoms with Gasteiger partial charge in [0.15, 0.2) is 0 Å². The molecule has 0 aromatic heterocycles. The first kappa shape index (κ1) is 15.0. The molecule has 118 valence electrons. The first-order valence-electron chi connectivity index (χ1n) is 7.85. The van der Waals surface area contributed by atoms with Gasteiger partial charge in [0.2, 0.25) is 0 Å². The van der Waals surface area contributed by atoms with Crippen LogP contribution in [0.15, 0.2) is 12.2 Å². The number of hydrogen-bond acceptors (Lipinski definition) is 4. The van der Waals surface area contributed by atoms with Crippen LogP contribution in [0.1, 0.15) is 40.5 Å². The van der Waals surface area contributed by atoms with Gasteiger partial charge in [0.05, 0.1) is 5.60 Å². The van der Waals surface area contributed by atoms with E-state index in [0.717, 1.165) is 18.4 Å². The molecule has 3 aliphatic rings. The molecule has 21 heavy (non-hydrogen) atoms. The van der Waals surface area contributed by atoms with Gasteiger partial charge in [-0.25, -0.2) is 0 Å². The van der Waals surface area contributed by atoms with E-state index in [1.54, 1.807) is 6.92 Å². The van der Waals surface area contributed by atoms with Crippen LogP contribution in [0.3, 0.4) is 0 Å². The van der Waals surface area contributed by atoms with Crippen LogP contribution >= 0.6 is 0 Å². The van der Waals surface area contributed by atoms with Crippen molar-refractivity contribution >= 4 is 5.97 Å². The number of fused-ring (bicyclic) bond motifs is 3. The second-order valence-electron chi connectivity index (χ2n) is 7.95. The predicted molar refractivity (Wildman–Crippen MR) is 78.3 cm³/mol. The maximum absolute atomic E-state index is 11.4. The second kappa shape index (κ2) is 4.32. The molecule has 0 bridgehead atoms. The minimum absolute atomic E-state index is 0.0909. The fourth-order valence-corrected chi connectivity index (χ4v) is 5.26. The number of rotatable bonds is 1. The highest BCUT2D eigenvalue weighted by molar-refractivity contribution is 5.66. The Labute approximate surface area is 126 Å². The lowest BCUT2D eigenvalue weighted by molar-refractivity contribution is -0.157. The first-order chi connectivity index (χ1) is 9.60. The summed E-state index contributed by atoms with van der Waals surface area (Å²) in [5.41, 5.74) is -0.0567. The van der Waals surface area contributed by atoms with Crippen LogP contribution in [0.2, 0.25) is 0 Å². The average Bonchev–Trinajstić information content (AvgIpc) is 2.88. The van der Waals surface area contributed by atoms with Crippen LogP contribution in [0.25, 0.3) is 0 Å². The van der Waals surface area contributed by atoms with E-state index in [4.69, 9.17) is 4.74 Å². The van der Waals surface area contributed by atoms with Gasteiger partial charge in [-0.05, 0) is 37.0 Å². The highest BCUT2D eigenvalue weighted by Gasteiger charge is 2.72. The monoisotopic (exact) mass is 294 g/mol. The van der Waals surface area contributed by atoms with Gasteiger partial charge in [0.1, 0.15) is 12.2 Å². The van der Waals surface area contributed by atoms with Crippen molar-refractivity contribution in [3.63, 3.8) is 0 Å². The summed E-state index contributed by atoms with van der Waals surface area (Å²) in [5, 5.41) is 21.5. The van der Waals surface area contributed by atoms with E-state index in [-0.39, 0.29) is 17.3 Å². The van der Waals surface area contributed by atoms with Gasteiger partial charge in [0, 0.05) is 18.8 Å². The van der Waals surface area contributed by atoms with Crippen molar-refractivity contribution in [1.29, 1.82) is 0 Å². The molecule has 0 radical (unpaired) electrons. The molecule has 0 saturated heterocycles. The van der Waals surface area contributed by atoms with Crippen molar-refractivity contribution in [2.24, 2.45) is 29.1 Å². The number of esters is 1. The Morgan fingerprint density at radius 3 is 2.52 bits per heavy atom. The fraction of sp³-hybridized carbons (Fsp3) is 0.824. The van der Waals surface area contributed by atoms with Gasteiger partial charge in [0.25, 0.3) is 0 Å². The summed E-state index contributed by atoms with van der Waals surface area (Å²) in [6.07, 6.45) is 0.225. The lowest BCUT2D eigenvalue weighted by Gasteiger charge is -2.31. The number of aliphatic hydroxyl groups excluding tert-OH is 1. The number of aliphatic hydroxyl groups is 2. The van der Waals surface area contributed by atoms with Crippen LogP contribution < -0.4 is 0 Å². The lowest BCUT2D eigenvalue weighted by atomic mass is 9.77. The number of hydrogen-bond donors (Lipinski definition) is 2. The van der Waals surface area contributed by atoms with E-state index in [9.17, 15) is 15.0 Å². The Morgan fingerprint density at radius 1 is 1.33 bits per heavy atom. The lowest BCUT2D eigenvalue weighted by Crippen LogP contribution is -2.44. The van der Waals surface area contributed by atoms with Crippen molar-refractivity contribution in [1.82, 2.24) is 0 Å². The molecule has 0 aliphatic heterocycles. The zero-order chi connectivity index (χ0) is 15.7. The van der Waals surface area contributed by atoms with Crippen LogP contribution in [0, 0.1) is 29.1 Å². The van der Waals surface area contributed by atoms with Crippen LogP contribution in [0.5, 0.6) is 0 Å². The highest BCUT2D eigenvalue weighted by Crippen LogP contribution is 2.71. The summed E-state index contributed by atoms with van der Waals surface area (Å²) in [6.45, 7) is 11.7. The standard InChI is InChI=1S/C17H26O4/c1-8-6-7-10-12(16(10,3)4)13-11(8)14(21-9(2)18)15(19)17(13,5)20/h10-15,19-20H,1,6-7H2,2-5H3/t10-,11-,12-,13-,14+,15+,17-/m0/s1. The van der Waals surface area contributed by atoms with Crippen molar-refractivity contribution in [3.05, 3.63) is 12.2 Å². The minimum atomic E-state index is -1.24. The summed E-state index contributed by atoms with van der Waals surface area (Å²) in [5.74, 6) is 0.257. The molecule has 7 atom stereocenters. The third-order valence-corrected chi connectivity index (χ3v) is 6.40. The van der Waals surface area contributed by atoms with Gasteiger partial charge in [-0.3, -0.25) is 4.79 Å². The van der Waals surface area contributed by atoms with Crippen molar-refractivity contribution < 1.29 is 19.7 Å². The molecule has 3 aliphatic carbocycles. The van der Waals surface area contributed by atoms with Crippen LogP contribution in [-0.2, 0) is 9.53 Å². The Morgan fingerprint density at radius 2 is 1.95 bits per heavy atom. The molecule has 0 aromatic carbocycles. The number of carbonyl (C=O) groups excluding carboxylic acids is 1. The molecule has 3 saturated carbocycles. The molecule has 3 rings (SSSR count). The van der Waals surface area contributed by atoms with Crippen LogP contribution in [0.4, 0.5) is 0 Å². The van der Waals surface area contributed by atoms with Gasteiger partial charge in [-0.15, -0.1) is 0 Å². The fourth-order valence-electron chi connectivity index (χ4n) is 5.26. The molecule has 4 heteroatoms. The predicted octanol–water partition coefficient (Wildman–Crippen LogP) is 1.90. The van der Waals surface area contributed by atoms with E-state index in [2.05, 4.69) is 20.4 Å². The summed E-state index contributed by atoms with van der Waals surface area (Å²) in [6, 6.07) is 0. The zero-order valence-electron chi connectivity index (χ0n) is 13.3. The Bertz CT molecular complexity index is 493. The minimum Gasteiger partial charge on any atom is -0.459 e. The average molecular weight is 294 g/mol. The molecular weight excluding hydrogens is 268 g/mol. The summed E-state index contributed by atoms with van der Waals surface area (Å²) < 4.78 is 5.38. The van der Waals surface area contributed by atoms with Crippen molar-refractivity contribution in [2.75, 3.05) is 0 Å². The smallest absolute Gasteiger partial charge is 0.303 e. The van der Waals surface area contributed by atoms with Crippen molar-refractivity contribution in [2.45, 2.75) is 58.3 Å². The molecule has 0 heterocycles. The quantitative estimate of drug-likeness (QED) is 0.572. The third-order valence-electron chi connectivity index (χ3n) is 6.40. The molecule has 4 nitrogen and oxygen atoms in total. The number of ether oxygens (including phenoxy) is 1. The SMILES string of the molecule is C=C1CC[C@H]2[C@@H]([C@@H]3[C@H]1[C@@H](OC(C)=O)[C@@H](O)[C@@]3(C)O)C2(C)C. The van der Waals surface area contributed by atoms with Gasteiger partial charge < -0.3 is 14.9 Å². The van der Waals surface area contributed by atoms with E-state index in [0.29, 0.717) is 11.8 Å². The topological polar surface area (TPSA) is 66.8 Å². The van der Waals surface area contributed by atoms with Crippen LogP contribution in [-0.4, -0.2) is 34.0 Å². The zero-order valence-corrected chi connectivity index (χ0v) is 13.3. The third kappa shape index (κ3) is 1.92. The Kier molecular flexibility index (Phi) is 3.10. The highest BCUT2D eigenvalue weighted by atomic mass is 16.6. The summed E-state index contributed by atoms with van der Waals surface area (Å²) in [7, 11) is 0. The molecular formula is C17H26O4. The second-order valence-corrected chi connectivity index (χ2v) is 7.95. The maximum Gasteiger partial charge on any atom is 0.303 e. The number of carbonyl (C=O) groups is 1. The van der Waals surface area contributed by atoms with Gasteiger partial charge >= 0.3 is 5.97 Å². The van der Waals surface area contributed by atoms with E-state index >= 15 is 0 Å².